The summed E-state index contributed by atoms with van der Waals surface area (Å²) >= 11 is -0.486. The molecule has 0 aromatic carbocycles. The van der Waals surface area contributed by atoms with E-state index in [0.29, 0.717) is 0 Å². The van der Waals surface area contributed by atoms with E-state index in [1.54, 1.807) is 0 Å². The van der Waals surface area contributed by atoms with Crippen LogP contribution in [-0.2, 0) is 45.7 Å². The van der Waals surface area contributed by atoms with E-state index in [2.05, 4.69) is 0 Å². The minimum absolute atomic E-state index is 0.394. The van der Waals surface area contributed by atoms with Crippen LogP contribution in [0.1, 0.15) is 53.4 Å². The second kappa shape index (κ2) is 18.5. The van der Waals surface area contributed by atoms with Crippen molar-refractivity contribution in [1.82, 2.24) is 0 Å². The van der Waals surface area contributed by atoms with Gasteiger partial charge in [0.2, 0.25) is 0 Å². The number of carboxylic acid groups (broad SMARTS) is 2. The molecule has 0 aliphatic heterocycles. The number of hydrogen-bond acceptors (Lipinski definition) is 8. The number of Topliss-reactive ketones (excluding diaryl/α,β-unsaturated/α-hetero) is 2. The van der Waals surface area contributed by atoms with E-state index in [1.165, 1.54) is 13.8 Å². The number of halogens is 10. The Morgan fingerprint density at radius 2 is 0.872 bits per heavy atom. The van der Waals surface area contributed by atoms with Gasteiger partial charge in [-0.25, -0.2) is 0 Å². The fraction of sp³-hybridized carbons (Fsp3) is 0.800. The first-order chi connectivity index (χ1) is 17.5. The molecule has 8 nitrogen and oxygen atoms in total. The molecule has 0 aliphatic carbocycles. The van der Waals surface area contributed by atoms with Gasteiger partial charge in [0.1, 0.15) is 11.6 Å². The Bertz CT molecular complexity index is 711. The molecule has 0 aliphatic rings. The summed E-state index contributed by atoms with van der Waals surface area (Å²) in [6.07, 6.45) is -16.9. The van der Waals surface area contributed by atoms with Gasteiger partial charge in [-0.2, -0.15) is 43.9 Å². The molecule has 39 heavy (non-hydrogen) atoms. The number of ketones is 2. The standard InChI is InChI=1S/2C8H9F5O3.2C2H5O.Ti/c2*1-2-4(6(15)16)5(14)3-7(9,10)8(11,12)13;2*1-2-3;/h2*4H,2-3H2,1H3,(H,15,16);2*2H2,1H3;/q;;2*-1;+4/p-2. The third-order valence-corrected chi connectivity index (χ3v) is 5.46. The molecule has 19 heteroatoms. The normalized spacial score (nSPS) is 13.5. The average molecular weight is 632 g/mol. The fourth-order valence-corrected chi connectivity index (χ4v) is 2.59. The summed E-state index contributed by atoms with van der Waals surface area (Å²) in [6, 6.07) is 0. The van der Waals surface area contributed by atoms with Crippen molar-refractivity contribution in [3.05, 3.63) is 0 Å². The fourth-order valence-electron chi connectivity index (χ4n) is 2.10. The molecule has 0 bridgehead atoms. The van der Waals surface area contributed by atoms with Crippen molar-refractivity contribution in [3.63, 3.8) is 0 Å². The van der Waals surface area contributed by atoms with Crippen LogP contribution in [0, 0.1) is 11.8 Å². The van der Waals surface area contributed by atoms with Gasteiger partial charge in [-0.05, 0) is 12.8 Å². The molecule has 0 amide bonds. The molecule has 0 aromatic heterocycles. The second-order valence-corrected chi connectivity index (χ2v) is 8.36. The summed E-state index contributed by atoms with van der Waals surface area (Å²) in [7, 11) is 0. The summed E-state index contributed by atoms with van der Waals surface area (Å²) in [5.74, 6) is -21.6. The summed E-state index contributed by atoms with van der Waals surface area (Å²) in [5.41, 5.74) is 0. The number of carbonyl (C=O) groups is 4. The van der Waals surface area contributed by atoms with Crippen molar-refractivity contribution in [2.45, 2.75) is 77.6 Å². The predicted molar refractivity (Wildman–Crippen MR) is 102 cm³/mol. The van der Waals surface area contributed by atoms with Crippen molar-refractivity contribution in [3.8, 4) is 0 Å². The van der Waals surface area contributed by atoms with Crippen LogP contribution in [0.4, 0.5) is 43.9 Å². The predicted octanol–water partition coefficient (Wildman–Crippen LogP) is 2.81. The Balaban J connectivity index is -0.000000537. The zero-order valence-corrected chi connectivity index (χ0v) is 22.5. The number of carboxylic acids is 2. The zero-order chi connectivity index (χ0) is 31.8. The molecule has 0 heterocycles. The average Bonchev–Trinajstić information content (AvgIpc) is 2.73. The molecule has 0 saturated heterocycles. The van der Waals surface area contributed by atoms with Gasteiger partial charge in [0.05, 0.1) is 36.6 Å². The monoisotopic (exact) mass is 632 g/mol. The Morgan fingerprint density at radius 3 is 1.03 bits per heavy atom. The van der Waals surface area contributed by atoms with Crippen molar-refractivity contribution in [2.24, 2.45) is 11.8 Å². The molecular weight excluding hydrogens is 606 g/mol. The van der Waals surface area contributed by atoms with Crippen molar-refractivity contribution in [2.75, 3.05) is 13.2 Å². The van der Waals surface area contributed by atoms with Crippen molar-refractivity contribution < 1.29 is 99.9 Å². The van der Waals surface area contributed by atoms with Crippen LogP contribution in [0.3, 0.4) is 0 Å². The molecule has 0 rings (SSSR count). The Hall–Kier alpha value is -1.79. The first-order valence-corrected chi connectivity index (χ1v) is 12.1. The van der Waals surface area contributed by atoms with Gasteiger partial charge in [-0.15, -0.1) is 0 Å². The second-order valence-electron chi connectivity index (χ2n) is 7.20. The Kier molecular flexibility index (Phi) is 19.8. The molecule has 2 atom stereocenters. The third kappa shape index (κ3) is 16.8. The van der Waals surface area contributed by atoms with Crippen LogP contribution in [0.2, 0.25) is 0 Å². The van der Waals surface area contributed by atoms with E-state index in [1.807, 2.05) is 13.8 Å². The van der Waals surface area contributed by atoms with Crippen LogP contribution in [0.15, 0.2) is 0 Å². The SMILES string of the molecule is CCC(C(=O)[O-])C(=O)CC(F)(F)C(F)(F)F.CCC(C(=O)[O-])C(=O)CC(F)(F)C(F)(F)F.CC[O][Ti+2][O]CC. The van der Waals surface area contributed by atoms with E-state index in [-0.39, 0.29) is 0 Å². The van der Waals surface area contributed by atoms with Crippen LogP contribution >= 0.6 is 0 Å². The molecule has 2 unspecified atom stereocenters. The zero-order valence-electron chi connectivity index (χ0n) is 20.9. The quantitative estimate of drug-likeness (QED) is 0.124. The number of hydrogen-bond donors (Lipinski definition) is 0. The summed E-state index contributed by atoms with van der Waals surface area (Å²) in [6.45, 7) is 7.87. The molecule has 0 spiro atoms. The molecule has 0 N–H and O–H groups in total. The van der Waals surface area contributed by atoms with Gasteiger partial charge >= 0.3 is 77.8 Å². The van der Waals surface area contributed by atoms with E-state index < -0.39 is 105 Å². The third-order valence-electron chi connectivity index (χ3n) is 4.19. The minimum atomic E-state index is -5.87. The first-order valence-electron chi connectivity index (χ1n) is 10.8. The first kappa shape index (κ1) is 41.7. The maximum atomic E-state index is 12.4. The molecule has 0 fully saturated rings. The maximum absolute atomic E-state index is 12.4. The summed E-state index contributed by atoms with van der Waals surface area (Å²) < 4.78 is 130. The van der Waals surface area contributed by atoms with Crippen LogP contribution in [0.25, 0.3) is 0 Å². The van der Waals surface area contributed by atoms with Gasteiger partial charge in [-0.1, -0.05) is 13.8 Å². The molecular formula is C20H26F10O8Ti. The topological polar surface area (TPSA) is 133 Å². The number of aliphatic carboxylic acids is 2. The van der Waals surface area contributed by atoms with E-state index >= 15 is 0 Å². The van der Waals surface area contributed by atoms with Crippen molar-refractivity contribution in [1.29, 1.82) is 0 Å². The molecule has 228 valence electrons. The number of carbonyl (C=O) groups excluding carboxylic acids is 4. The number of alkyl halides is 10. The Morgan fingerprint density at radius 1 is 0.615 bits per heavy atom. The van der Waals surface area contributed by atoms with Crippen LogP contribution in [-0.4, -0.2) is 60.9 Å². The summed E-state index contributed by atoms with van der Waals surface area (Å²) in [4.78, 5) is 42.3. The molecule has 0 saturated carbocycles. The van der Waals surface area contributed by atoms with E-state index in [4.69, 9.17) is 6.64 Å². The van der Waals surface area contributed by atoms with Gasteiger partial charge in [0.15, 0.2) is 0 Å². The number of rotatable bonds is 14. The van der Waals surface area contributed by atoms with Crippen LogP contribution < -0.4 is 10.2 Å². The summed E-state index contributed by atoms with van der Waals surface area (Å²) in [5, 5.41) is 20.5. The van der Waals surface area contributed by atoms with Gasteiger partial charge < -0.3 is 19.8 Å². The van der Waals surface area contributed by atoms with Gasteiger partial charge in [-0.3, -0.25) is 9.59 Å². The van der Waals surface area contributed by atoms with Crippen LogP contribution in [0.5, 0.6) is 0 Å². The molecule has 0 aromatic rings. The van der Waals surface area contributed by atoms with Gasteiger partial charge in [0.25, 0.3) is 0 Å². The molecule has 0 radical (unpaired) electrons. The van der Waals surface area contributed by atoms with E-state index in [9.17, 15) is 73.3 Å². The van der Waals surface area contributed by atoms with E-state index in [0.717, 1.165) is 13.2 Å². The van der Waals surface area contributed by atoms with Gasteiger partial charge in [0, 0.05) is 0 Å². The Labute approximate surface area is 226 Å². The van der Waals surface area contributed by atoms with Crippen molar-refractivity contribution >= 4 is 23.5 Å².